The Morgan fingerprint density at radius 1 is 1.00 bits per heavy atom. The molecular formula is C25H31FN4O3. The topological polar surface area (TPSA) is 90.5 Å². The summed E-state index contributed by atoms with van der Waals surface area (Å²) < 4.78 is 13.2. The van der Waals surface area contributed by atoms with Gasteiger partial charge in [0.25, 0.3) is 5.91 Å². The minimum absolute atomic E-state index is 0.0686. The summed E-state index contributed by atoms with van der Waals surface area (Å²) in [4.78, 5) is 38.3. The summed E-state index contributed by atoms with van der Waals surface area (Å²) in [6.45, 7) is 5.53. The van der Waals surface area contributed by atoms with E-state index in [-0.39, 0.29) is 17.6 Å². The summed E-state index contributed by atoms with van der Waals surface area (Å²) in [6.07, 6.45) is 2.05. The smallest absolute Gasteiger partial charge is 0.319 e. The Bertz CT molecular complexity index is 986. The molecule has 176 valence electrons. The van der Waals surface area contributed by atoms with Gasteiger partial charge in [-0.25, -0.2) is 9.18 Å². The summed E-state index contributed by atoms with van der Waals surface area (Å²) in [5.41, 5.74) is 3.03. The van der Waals surface area contributed by atoms with Crippen molar-refractivity contribution in [3.8, 4) is 0 Å². The Balaban J connectivity index is 1.54. The first-order valence-corrected chi connectivity index (χ1v) is 11.3. The van der Waals surface area contributed by atoms with Crippen LogP contribution in [0.4, 0.5) is 14.9 Å². The summed E-state index contributed by atoms with van der Waals surface area (Å²) in [5, 5.41) is 8.16. The zero-order valence-corrected chi connectivity index (χ0v) is 19.1. The van der Waals surface area contributed by atoms with Crippen molar-refractivity contribution in [1.82, 2.24) is 15.5 Å². The lowest BCUT2D eigenvalue weighted by atomic mass is 9.89. The average molecular weight is 455 g/mol. The number of amides is 4. The van der Waals surface area contributed by atoms with Gasteiger partial charge in [-0.2, -0.15) is 0 Å². The second kappa shape index (κ2) is 11.4. The van der Waals surface area contributed by atoms with Crippen molar-refractivity contribution in [2.45, 2.75) is 39.0 Å². The lowest BCUT2D eigenvalue weighted by molar-refractivity contribution is -0.120. The van der Waals surface area contributed by atoms with E-state index in [0.29, 0.717) is 49.8 Å². The average Bonchev–Trinajstić information content (AvgIpc) is 2.83. The van der Waals surface area contributed by atoms with Gasteiger partial charge in [0.15, 0.2) is 0 Å². The van der Waals surface area contributed by atoms with Crippen molar-refractivity contribution in [3.63, 3.8) is 0 Å². The summed E-state index contributed by atoms with van der Waals surface area (Å²) >= 11 is 0. The van der Waals surface area contributed by atoms with Crippen LogP contribution in [0, 0.1) is 12.7 Å². The fourth-order valence-electron chi connectivity index (χ4n) is 3.89. The third-order valence-electron chi connectivity index (χ3n) is 5.91. The van der Waals surface area contributed by atoms with Crippen LogP contribution in [0.1, 0.15) is 53.6 Å². The maximum absolute atomic E-state index is 13.2. The Kier molecular flexibility index (Phi) is 8.40. The van der Waals surface area contributed by atoms with Gasteiger partial charge in [0.2, 0.25) is 5.91 Å². The SMILES string of the molecule is CCC(=O)NCCNC(=O)Nc1cc(C(=O)N2CCC(c3ccc(F)cc3)CC2)ccc1C. The number of benzene rings is 2. The molecule has 0 bridgehead atoms. The standard InChI is InChI=1S/C25H31FN4O3/c1-3-23(31)27-12-13-28-25(33)29-22-16-20(5-4-17(22)2)24(32)30-14-10-19(11-15-30)18-6-8-21(26)9-7-18/h4-9,16,19H,3,10-15H2,1-2H3,(H,27,31)(H2,28,29,33). The Labute approximate surface area is 193 Å². The van der Waals surface area contributed by atoms with Crippen LogP contribution in [0.2, 0.25) is 0 Å². The third-order valence-corrected chi connectivity index (χ3v) is 5.91. The normalized spacial score (nSPS) is 14.0. The lowest BCUT2D eigenvalue weighted by Gasteiger charge is -2.32. The molecule has 0 atom stereocenters. The van der Waals surface area contributed by atoms with Crippen molar-refractivity contribution in [2.75, 3.05) is 31.5 Å². The minimum Gasteiger partial charge on any atom is -0.354 e. The van der Waals surface area contributed by atoms with Crippen LogP contribution in [0.3, 0.4) is 0 Å². The fourth-order valence-corrected chi connectivity index (χ4v) is 3.89. The summed E-state index contributed by atoms with van der Waals surface area (Å²) in [5.74, 6) is -0.0675. The molecule has 0 spiro atoms. The molecule has 3 N–H and O–H groups in total. The number of nitrogens with zero attached hydrogens (tertiary/aromatic N) is 1. The Morgan fingerprint density at radius 2 is 1.67 bits per heavy atom. The van der Waals surface area contributed by atoms with E-state index < -0.39 is 6.03 Å². The molecule has 0 aromatic heterocycles. The van der Waals surface area contributed by atoms with Gasteiger partial charge in [-0.3, -0.25) is 9.59 Å². The molecule has 1 fully saturated rings. The van der Waals surface area contributed by atoms with Crippen LogP contribution in [0.5, 0.6) is 0 Å². The van der Waals surface area contributed by atoms with Gasteiger partial charge in [0.05, 0.1) is 0 Å². The number of urea groups is 1. The van der Waals surface area contributed by atoms with Crippen LogP contribution in [0.25, 0.3) is 0 Å². The van der Waals surface area contributed by atoms with E-state index in [9.17, 15) is 18.8 Å². The molecule has 3 rings (SSSR count). The van der Waals surface area contributed by atoms with Crippen molar-refractivity contribution in [2.24, 2.45) is 0 Å². The molecule has 1 saturated heterocycles. The van der Waals surface area contributed by atoms with E-state index in [4.69, 9.17) is 0 Å². The van der Waals surface area contributed by atoms with Crippen molar-refractivity contribution in [3.05, 3.63) is 65.0 Å². The molecule has 2 aromatic rings. The van der Waals surface area contributed by atoms with E-state index in [1.165, 1.54) is 12.1 Å². The molecule has 33 heavy (non-hydrogen) atoms. The highest BCUT2D eigenvalue weighted by molar-refractivity contribution is 5.97. The highest BCUT2D eigenvalue weighted by Gasteiger charge is 2.25. The molecule has 7 nitrogen and oxygen atoms in total. The third kappa shape index (κ3) is 6.78. The first-order valence-electron chi connectivity index (χ1n) is 11.3. The number of hydrogen-bond donors (Lipinski definition) is 3. The highest BCUT2D eigenvalue weighted by Crippen LogP contribution is 2.29. The monoisotopic (exact) mass is 454 g/mol. The molecule has 1 aliphatic heterocycles. The molecule has 4 amide bonds. The predicted molar refractivity (Wildman–Crippen MR) is 126 cm³/mol. The lowest BCUT2D eigenvalue weighted by Crippen LogP contribution is -2.38. The van der Waals surface area contributed by atoms with Gasteiger partial charge in [0, 0.05) is 43.9 Å². The second-order valence-corrected chi connectivity index (χ2v) is 8.23. The Morgan fingerprint density at radius 3 is 2.33 bits per heavy atom. The van der Waals surface area contributed by atoms with Gasteiger partial charge >= 0.3 is 6.03 Å². The number of piperidine rings is 1. The van der Waals surface area contributed by atoms with Crippen LogP contribution in [-0.4, -0.2) is 48.9 Å². The number of likely N-dealkylation sites (tertiary alicyclic amines) is 1. The van der Waals surface area contributed by atoms with E-state index >= 15 is 0 Å². The Hall–Kier alpha value is -3.42. The van der Waals surface area contributed by atoms with Gasteiger partial charge in [-0.05, 0) is 61.1 Å². The van der Waals surface area contributed by atoms with E-state index in [1.807, 2.05) is 30.0 Å². The molecule has 0 unspecified atom stereocenters. The molecule has 0 aliphatic carbocycles. The van der Waals surface area contributed by atoms with Crippen molar-refractivity contribution in [1.29, 1.82) is 0 Å². The number of hydrogen-bond acceptors (Lipinski definition) is 3. The van der Waals surface area contributed by atoms with Crippen LogP contribution in [0.15, 0.2) is 42.5 Å². The largest absolute Gasteiger partial charge is 0.354 e. The second-order valence-electron chi connectivity index (χ2n) is 8.23. The minimum atomic E-state index is -0.395. The van der Waals surface area contributed by atoms with Gasteiger partial charge in [0.1, 0.15) is 5.82 Å². The van der Waals surface area contributed by atoms with Crippen molar-refractivity contribution < 1.29 is 18.8 Å². The molecule has 2 aromatic carbocycles. The van der Waals surface area contributed by atoms with Gasteiger partial charge < -0.3 is 20.9 Å². The van der Waals surface area contributed by atoms with Crippen LogP contribution >= 0.6 is 0 Å². The summed E-state index contributed by atoms with van der Waals surface area (Å²) in [6, 6.07) is 11.5. The quantitative estimate of drug-likeness (QED) is 0.556. The number of carbonyl (C=O) groups excluding carboxylic acids is 3. The first kappa shape index (κ1) is 24.2. The fraction of sp³-hybridized carbons (Fsp3) is 0.400. The maximum atomic E-state index is 13.2. The molecular weight excluding hydrogens is 423 g/mol. The van der Waals surface area contributed by atoms with E-state index in [2.05, 4.69) is 16.0 Å². The summed E-state index contributed by atoms with van der Waals surface area (Å²) in [7, 11) is 0. The van der Waals surface area contributed by atoms with Crippen LogP contribution < -0.4 is 16.0 Å². The van der Waals surface area contributed by atoms with E-state index in [1.54, 1.807) is 19.1 Å². The maximum Gasteiger partial charge on any atom is 0.319 e. The zero-order chi connectivity index (χ0) is 23.8. The molecule has 0 saturated carbocycles. The molecule has 1 heterocycles. The number of halogens is 1. The van der Waals surface area contributed by atoms with Gasteiger partial charge in [-0.1, -0.05) is 25.1 Å². The van der Waals surface area contributed by atoms with Gasteiger partial charge in [-0.15, -0.1) is 0 Å². The molecule has 0 radical (unpaired) electrons. The highest BCUT2D eigenvalue weighted by atomic mass is 19.1. The number of nitrogens with one attached hydrogen (secondary N) is 3. The van der Waals surface area contributed by atoms with E-state index in [0.717, 1.165) is 24.0 Å². The molecule has 8 heteroatoms. The number of carbonyl (C=O) groups is 3. The number of aryl methyl sites for hydroxylation is 1. The predicted octanol–water partition coefficient (Wildman–Crippen LogP) is 3.80. The van der Waals surface area contributed by atoms with Crippen LogP contribution in [-0.2, 0) is 4.79 Å². The number of rotatable bonds is 7. The van der Waals surface area contributed by atoms with Crippen molar-refractivity contribution >= 4 is 23.5 Å². The number of anilines is 1. The zero-order valence-electron chi connectivity index (χ0n) is 19.1. The first-order chi connectivity index (χ1) is 15.9. The molecule has 1 aliphatic rings.